The smallest absolute Gasteiger partial charge is 0.234 e. The van der Waals surface area contributed by atoms with Crippen LogP contribution < -0.4 is 5.32 Å². The fourth-order valence-corrected chi connectivity index (χ4v) is 3.28. The van der Waals surface area contributed by atoms with Crippen molar-refractivity contribution >= 4 is 5.91 Å². The van der Waals surface area contributed by atoms with Crippen LogP contribution in [0.25, 0.3) is 0 Å². The second-order valence-electron chi connectivity index (χ2n) is 6.71. The summed E-state index contributed by atoms with van der Waals surface area (Å²) in [6, 6.07) is 0.391. The first kappa shape index (κ1) is 14.8. The Kier molecular flexibility index (Phi) is 5.22. The molecule has 0 heterocycles. The van der Waals surface area contributed by atoms with E-state index in [2.05, 4.69) is 17.1 Å². The minimum atomic E-state index is -0.101. The highest BCUT2D eigenvalue weighted by Crippen LogP contribution is 2.27. The van der Waals surface area contributed by atoms with E-state index in [0.717, 1.165) is 38.1 Å². The van der Waals surface area contributed by atoms with Gasteiger partial charge in [0.2, 0.25) is 5.91 Å². The van der Waals surface area contributed by atoms with Gasteiger partial charge in [0.25, 0.3) is 0 Å². The van der Waals surface area contributed by atoms with E-state index >= 15 is 0 Å². The second-order valence-corrected chi connectivity index (χ2v) is 6.71. The molecule has 2 rings (SSSR count). The number of carbonyl (C=O) groups is 1. The van der Waals surface area contributed by atoms with Gasteiger partial charge in [-0.1, -0.05) is 6.92 Å². The van der Waals surface area contributed by atoms with Gasteiger partial charge in [0, 0.05) is 12.6 Å². The summed E-state index contributed by atoms with van der Waals surface area (Å²) < 4.78 is 0. The maximum Gasteiger partial charge on any atom is 0.234 e. The zero-order valence-corrected chi connectivity index (χ0v) is 12.3. The first-order valence-corrected chi connectivity index (χ1v) is 7.69. The molecule has 0 bridgehead atoms. The van der Waals surface area contributed by atoms with Gasteiger partial charge in [-0.3, -0.25) is 9.69 Å². The molecule has 0 aliphatic heterocycles. The number of hydrogen-bond donors (Lipinski definition) is 2. The van der Waals surface area contributed by atoms with Crippen LogP contribution in [0, 0.1) is 11.8 Å². The van der Waals surface area contributed by atoms with E-state index in [9.17, 15) is 9.90 Å². The molecule has 0 unspecified atom stereocenters. The fraction of sp³-hybridized carbons (Fsp3) is 0.933. The van der Waals surface area contributed by atoms with Gasteiger partial charge in [-0.25, -0.2) is 0 Å². The third-order valence-electron chi connectivity index (χ3n) is 4.58. The first-order valence-electron chi connectivity index (χ1n) is 7.69. The molecule has 1 amide bonds. The summed E-state index contributed by atoms with van der Waals surface area (Å²) in [5, 5.41) is 12.4. The van der Waals surface area contributed by atoms with E-state index in [1.165, 1.54) is 12.8 Å². The average molecular weight is 268 g/mol. The predicted octanol–water partition coefficient (Wildman–Crippen LogP) is 1.38. The van der Waals surface area contributed by atoms with Crippen molar-refractivity contribution in [2.75, 3.05) is 20.1 Å². The van der Waals surface area contributed by atoms with E-state index < -0.39 is 0 Å². The van der Waals surface area contributed by atoms with Crippen LogP contribution in [0.3, 0.4) is 0 Å². The van der Waals surface area contributed by atoms with E-state index in [1.807, 2.05) is 7.05 Å². The van der Waals surface area contributed by atoms with E-state index in [-0.39, 0.29) is 12.0 Å². The molecule has 0 saturated heterocycles. The second kappa shape index (κ2) is 6.71. The van der Waals surface area contributed by atoms with Gasteiger partial charge in [-0.05, 0) is 57.4 Å². The van der Waals surface area contributed by atoms with Gasteiger partial charge >= 0.3 is 0 Å². The normalized spacial score (nSPS) is 34.9. The summed E-state index contributed by atoms with van der Waals surface area (Å²) in [6.07, 6.45) is 6.42. The minimum Gasteiger partial charge on any atom is -0.393 e. The van der Waals surface area contributed by atoms with Crippen molar-refractivity contribution in [3.05, 3.63) is 0 Å². The van der Waals surface area contributed by atoms with Gasteiger partial charge in [0.15, 0.2) is 0 Å². The molecule has 0 aromatic rings. The van der Waals surface area contributed by atoms with Crippen LogP contribution in [0.1, 0.15) is 45.4 Å². The molecule has 2 saturated carbocycles. The van der Waals surface area contributed by atoms with Crippen molar-refractivity contribution in [3.63, 3.8) is 0 Å². The van der Waals surface area contributed by atoms with E-state index in [4.69, 9.17) is 0 Å². The van der Waals surface area contributed by atoms with E-state index in [0.29, 0.717) is 18.5 Å². The van der Waals surface area contributed by atoms with Crippen molar-refractivity contribution < 1.29 is 9.90 Å². The van der Waals surface area contributed by atoms with Gasteiger partial charge in [0.1, 0.15) is 0 Å². The summed E-state index contributed by atoms with van der Waals surface area (Å²) in [5.74, 6) is 1.55. The molecule has 2 fully saturated rings. The molecule has 4 heteroatoms. The topological polar surface area (TPSA) is 52.6 Å². The Morgan fingerprint density at radius 1 is 1.26 bits per heavy atom. The number of hydrogen-bond acceptors (Lipinski definition) is 3. The maximum atomic E-state index is 12.0. The van der Waals surface area contributed by atoms with Crippen molar-refractivity contribution in [1.82, 2.24) is 10.2 Å². The standard InChI is InChI=1S/C15H28N2O2/c1-11-3-5-13(6-4-11)16-15(19)10-17(2)9-12-7-14(18)8-12/h11-14,18H,3-10H2,1-2H3,(H,16,19). The number of likely N-dealkylation sites (N-methyl/N-ethyl adjacent to an activating group) is 1. The zero-order valence-electron chi connectivity index (χ0n) is 12.3. The highest BCUT2D eigenvalue weighted by Gasteiger charge is 2.28. The summed E-state index contributed by atoms with van der Waals surface area (Å²) in [4.78, 5) is 14.0. The number of nitrogens with zero attached hydrogens (tertiary/aromatic N) is 1. The molecular weight excluding hydrogens is 240 g/mol. The highest BCUT2D eigenvalue weighted by atomic mass is 16.3. The molecule has 2 aliphatic rings. The summed E-state index contributed by atoms with van der Waals surface area (Å²) >= 11 is 0. The lowest BCUT2D eigenvalue weighted by Gasteiger charge is -2.34. The lowest BCUT2D eigenvalue weighted by atomic mass is 9.82. The van der Waals surface area contributed by atoms with Crippen LogP contribution in [-0.4, -0.2) is 48.2 Å². The molecule has 2 aliphatic carbocycles. The van der Waals surface area contributed by atoms with Crippen molar-refractivity contribution in [1.29, 1.82) is 0 Å². The number of carbonyl (C=O) groups excluding carboxylic acids is 1. The number of aliphatic hydroxyl groups is 1. The van der Waals surface area contributed by atoms with Crippen LogP contribution in [0.2, 0.25) is 0 Å². The molecule has 110 valence electrons. The SMILES string of the molecule is CC1CCC(NC(=O)CN(C)CC2CC(O)C2)CC1. The number of nitrogens with one attached hydrogen (secondary N) is 1. The Labute approximate surface area is 116 Å². The molecule has 0 spiro atoms. The van der Waals surface area contributed by atoms with Crippen LogP contribution in [0.15, 0.2) is 0 Å². The molecule has 4 nitrogen and oxygen atoms in total. The minimum absolute atomic E-state index is 0.101. The highest BCUT2D eigenvalue weighted by molar-refractivity contribution is 5.78. The van der Waals surface area contributed by atoms with Crippen LogP contribution >= 0.6 is 0 Å². The Morgan fingerprint density at radius 2 is 1.89 bits per heavy atom. The largest absolute Gasteiger partial charge is 0.393 e. The number of aliphatic hydroxyl groups excluding tert-OH is 1. The molecule has 0 radical (unpaired) electrons. The Balaban J connectivity index is 1.60. The Hall–Kier alpha value is -0.610. The van der Waals surface area contributed by atoms with E-state index in [1.54, 1.807) is 0 Å². The van der Waals surface area contributed by atoms with Gasteiger partial charge < -0.3 is 10.4 Å². The molecule has 0 atom stereocenters. The predicted molar refractivity (Wildman–Crippen MR) is 75.8 cm³/mol. The first-order chi connectivity index (χ1) is 9.02. The lowest BCUT2D eigenvalue weighted by molar-refractivity contribution is -0.123. The van der Waals surface area contributed by atoms with Crippen molar-refractivity contribution in [2.45, 2.75) is 57.6 Å². The van der Waals surface area contributed by atoms with Crippen LogP contribution in [-0.2, 0) is 4.79 Å². The van der Waals surface area contributed by atoms with Crippen LogP contribution in [0.4, 0.5) is 0 Å². The third-order valence-corrected chi connectivity index (χ3v) is 4.58. The molecule has 0 aromatic heterocycles. The van der Waals surface area contributed by atoms with Crippen molar-refractivity contribution in [3.8, 4) is 0 Å². The summed E-state index contributed by atoms with van der Waals surface area (Å²) in [6.45, 7) is 3.70. The summed E-state index contributed by atoms with van der Waals surface area (Å²) in [5.41, 5.74) is 0. The molecule has 2 N–H and O–H groups in total. The van der Waals surface area contributed by atoms with Gasteiger partial charge in [-0.2, -0.15) is 0 Å². The quantitative estimate of drug-likeness (QED) is 0.792. The maximum absolute atomic E-state index is 12.0. The Bertz CT molecular complexity index is 295. The van der Waals surface area contributed by atoms with Gasteiger partial charge in [-0.15, -0.1) is 0 Å². The fourth-order valence-electron chi connectivity index (χ4n) is 3.28. The van der Waals surface area contributed by atoms with Gasteiger partial charge in [0.05, 0.1) is 12.6 Å². The van der Waals surface area contributed by atoms with Crippen LogP contribution in [0.5, 0.6) is 0 Å². The molecule has 19 heavy (non-hydrogen) atoms. The van der Waals surface area contributed by atoms with Crippen molar-refractivity contribution in [2.24, 2.45) is 11.8 Å². The lowest BCUT2D eigenvalue weighted by Crippen LogP contribution is -2.44. The zero-order chi connectivity index (χ0) is 13.8. The monoisotopic (exact) mass is 268 g/mol. The Morgan fingerprint density at radius 3 is 2.47 bits per heavy atom. The number of amides is 1. The number of rotatable bonds is 5. The molecule has 0 aromatic carbocycles. The summed E-state index contributed by atoms with van der Waals surface area (Å²) in [7, 11) is 1.99. The average Bonchev–Trinajstić information content (AvgIpc) is 2.30. The molecular formula is C15H28N2O2. The third kappa shape index (κ3) is 4.77.